The number of alkyl halides is 1. The normalized spacial score (nSPS) is 15.7. The Kier molecular flexibility index (Phi) is 24.1. The van der Waals surface area contributed by atoms with E-state index in [9.17, 15) is 19.2 Å². The van der Waals surface area contributed by atoms with Gasteiger partial charge in [0.1, 0.15) is 6.04 Å². The van der Waals surface area contributed by atoms with Crippen LogP contribution in [-0.4, -0.2) is 179 Å². The van der Waals surface area contributed by atoms with Gasteiger partial charge in [-0.15, -0.1) is 11.6 Å². The van der Waals surface area contributed by atoms with Crippen molar-refractivity contribution in [1.29, 1.82) is 0 Å². The molecular weight excluding hydrogens is 722 g/mol. The van der Waals surface area contributed by atoms with E-state index >= 15 is 0 Å². The molecule has 2 aliphatic heterocycles. The van der Waals surface area contributed by atoms with E-state index in [-0.39, 0.29) is 24.0 Å². The van der Waals surface area contributed by atoms with Crippen LogP contribution in [0.4, 0.5) is 5.69 Å². The highest BCUT2D eigenvalue weighted by molar-refractivity contribution is 6.25. The molecule has 2 heterocycles. The molecule has 2 N–H and O–H groups in total. The Morgan fingerprint density at radius 3 is 1.42 bits per heavy atom. The van der Waals surface area contributed by atoms with Crippen molar-refractivity contribution in [2.24, 2.45) is 0 Å². The van der Waals surface area contributed by atoms with Gasteiger partial charge in [0.2, 0.25) is 11.8 Å². The van der Waals surface area contributed by atoms with Crippen molar-refractivity contribution in [1.82, 2.24) is 10.2 Å². The van der Waals surface area contributed by atoms with E-state index in [1.165, 1.54) is 0 Å². The molecule has 4 amide bonds. The summed E-state index contributed by atoms with van der Waals surface area (Å²) in [7, 11) is 0. The zero-order valence-electron chi connectivity index (χ0n) is 30.3. The number of hydrogen-bond donors (Lipinski definition) is 2. The van der Waals surface area contributed by atoms with Gasteiger partial charge in [0.15, 0.2) is 0 Å². The second-order valence-electron chi connectivity index (χ2n) is 11.4. The molecule has 300 valence electrons. The van der Waals surface area contributed by atoms with Crippen molar-refractivity contribution >= 4 is 40.9 Å². The summed E-state index contributed by atoms with van der Waals surface area (Å²) < 4.78 is 54.5. The van der Waals surface area contributed by atoms with Crippen LogP contribution in [0, 0.1) is 0 Å². The Morgan fingerprint density at radius 2 is 1.00 bits per heavy atom. The summed E-state index contributed by atoms with van der Waals surface area (Å²) in [5.41, 5.74) is 0.906. The lowest BCUT2D eigenvalue weighted by atomic mass is 10.0. The lowest BCUT2D eigenvalue weighted by Gasteiger charge is -2.27. The molecule has 17 nitrogen and oxygen atoms in total. The maximum absolute atomic E-state index is 13.1. The number of hydrogen-bond acceptors (Lipinski definition) is 15. The van der Waals surface area contributed by atoms with Crippen LogP contribution in [0.3, 0.4) is 0 Å². The topological polar surface area (TPSA) is 188 Å². The van der Waals surface area contributed by atoms with E-state index in [1.54, 1.807) is 18.2 Å². The van der Waals surface area contributed by atoms with Crippen molar-refractivity contribution in [2.75, 3.05) is 150 Å². The first-order chi connectivity index (χ1) is 26.0. The largest absolute Gasteiger partial charge is 0.382 e. The van der Waals surface area contributed by atoms with Gasteiger partial charge in [-0.25, -0.2) is 0 Å². The molecule has 3 rings (SSSR count). The number of amides is 4. The van der Waals surface area contributed by atoms with Crippen LogP contribution in [-0.2, 0) is 57.0 Å². The van der Waals surface area contributed by atoms with E-state index in [0.29, 0.717) is 150 Å². The van der Waals surface area contributed by atoms with E-state index in [1.807, 2.05) is 0 Å². The van der Waals surface area contributed by atoms with Gasteiger partial charge in [-0.05, 0) is 18.6 Å². The van der Waals surface area contributed by atoms with Crippen LogP contribution in [0.15, 0.2) is 18.2 Å². The molecule has 0 radical (unpaired) electrons. The first-order valence-corrected chi connectivity index (χ1v) is 18.5. The summed E-state index contributed by atoms with van der Waals surface area (Å²) in [6.45, 7) is 9.70. The number of nitrogens with zero attached hydrogens (tertiary/aromatic N) is 1. The average Bonchev–Trinajstić information content (AvgIpc) is 3.41. The molecule has 0 saturated carbocycles. The number of rotatable bonds is 34. The molecule has 18 heteroatoms. The third-order valence-corrected chi connectivity index (χ3v) is 7.75. The number of halogens is 1. The molecular formula is C35H54ClN3O14. The maximum Gasteiger partial charge on any atom is 0.264 e. The van der Waals surface area contributed by atoms with Crippen LogP contribution in [0.2, 0.25) is 0 Å². The van der Waals surface area contributed by atoms with Gasteiger partial charge in [-0.2, -0.15) is 0 Å². The van der Waals surface area contributed by atoms with Gasteiger partial charge in [0.25, 0.3) is 11.8 Å². The van der Waals surface area contributed by atoms with Crippen molar-refractivity contribution in [3.8, 4) is 0 Å². The molecule has 1 aromatic carbocycles. The molecule has 0 spiro atoms. The van der Waals surface area contributed by atoms with E-state index in [2.05, 4.69) is 10.6 Å². The lowest BCUT2D eigenvalue weighted by Crippen LogP contribution is -2.54. The number of piperidine rings is 1. The zero-order valence-corrected chi connectivity index (χ0v) is 31.1. The molecule has 1 fully saturated rings. The van der Waals surface area contributed by atoms with Gasteiger partial charge < -0.3 is 52.7 Å². The van der Waals surface area contributed by atoms with Crippen molar-refractivity contribution in [2.45, 2.75) is 18.9 Å². The van der Waals surface area contributed by atoms with Gasteiger partial charge in [0.05, 0.1) is 143 Å². The number of ether oxygens (including phenoxy) is 10. The first kappa shape index (κ1) is 44.6. The SMILES string of the molecule is O=C1CCC(N2C(=O)c3cccc(NCCOCCOCCOCCOCCOCCOCCOCCOCCOCCOCCCl)c3C2=O)C(=O)N1. The average molecular weight is 776 g/mol. The summed E-state index contributed by atoms with van der Waals surface area (Å²) >= 11 is 5.51. The van der Waals surface area contributed by atoms with Crippen LogP contribution >= 0.6 is 11.6 Å². The highest BCUT2D eigenvalue weighted by Crippen LogP contribution is 2.32. The second-order valence-corrected chi connectivity index (χ2v) is 11.8. The molecule has 0 aromatic heterocycles. The Bertz CT molecular complexity index is 1210. The minimum absolute atomic E-state index is 0.0657. The summed E-state index contributed by atoms with van der Waals surface area (Å²) in [5.74, 6) is -1.68. The van der Waals surface area contributed by atoms with Crippen molar-refractivity contribution in [3.63, 3.8) is 0 Å². The minimum atomic E-state index is -1.01. The molecule has 2 aliphatic rings. The number of anilines is 1. The lowest BCUT2D eigenvalue weighted by molar-refractivity contribution is -0.136. The van der Waals surface area contributed by atoms with Crippen LogP contribution in [0.25, 0.3) is 0 Å². The molecule has 0 bridgehead atoms. The van der Waals surface area contributed by atoms with Crippen LogP contribution < -0.4 is 10.6 Å². The third kappa shape index (κ3) is 17.9. The summed E-state index contributed by atoms with van der Waals surface area (Å²) in [6.07, 6.45) is 0.169. The summed E-state index contributed by atoms with van der Waals surface area (Å²) in [5, 5.41) is 5.33. The van der Waals surface area contributed by atoms with Crippen molar-refractivity contribution in [3.05, 3.63) is 29.3 Å². The minimum Gasteiger partial charge on any atom is -0.382 e. The van der Waals surface area contributed by atoms with Crippen LogP contribution in [0.5, 0.6) is 0 Å². The summed E-state index contributed by atoms with van der Waals surface area (Å²) in [4.78, 5) is 50.8. The second kappa shape index (κ2) is 28.6. The highest BCUT2D eigenvalue weighted by atomic mass is 35.5. The fourth-order valence-corrected chi connectivity index (χ4v) is 5.17. The van der Waals surface area contributed by atoms with E-state index < -0.39 is 29.7 Å². The number of carbonyl (C=O) groups is 4. The molecule has 53 heavy (non-hydrogen) atoms. The molecule has 1 saturated heterocycles. The Hall–Kier alpha value is -2.81. The predicted octanol–water partition coefficient (Wildman–Crippen LogP) is 0.905. The van der Waals surface area contributed by atoms with Crippen molar-refractivity contribution < 1.29 is 66.5 Å². The molecule has 1 unspecified atom stereocenters. The molecule has 1 atom stereocenters. The third-order valence-electron chi connectivity index (χ3n) is 7.60. The fraction of sp³-hybridized carbons (Fsp3) is 0.714. The van der Waals surface area contributed by atoms with Gasteiger partial charge in [-0.3, -0.25) is 29.4 Å². The number of carbonyl (C=O) groups excluding carboxylic acids is 4. The fourth-order valence-electron chi connectivity index (χ4n) is 5.06. The number of fused-ring (bicyclic) bond motifs is 1. The van der Waals surface area contributed by atoms with Gasteiger partial charge in [-0.1, -0.05) is 6.07 Å². The predicted molar refractivity (Wildman–Crippen MR) is 191 cm³/mol. The molecule has 1 aromatic rings. The standard InChI is InChI=1S/C35H54ClN3O14/c36-6-8-44-10-12-46-14-16-48-18-20-50-22-24-52-26-27-53-25-23-51-21-19-49-17-15-47-13-11-45-9-7-37-29-3-1-2-28-32(29)35(43)39(34(28)42)30-4-5-31(40)38-33(30)41/h1-3,30,37H,4-27H2,(H,38,40,41). The quantitative estimate of drug-likeness (QED) is 0.0571. The monoisotopic (exact) mass is 775 g/mol. The van der Waals surface area contributed by atoms with Gasteiger partial charge >= 0.3 is 0 Å². The Morgan fingerprint density at radius 1 is 0.585 bits per heavy atom. The van der Waals surface area contributed by atoms with Gasteiger partial charge in [0, 0.05) is 24.5 Å². The number of imide groups is 2. The first-order valence-electron chi connectivity index (χ1n) is 18.0. The number of benzene rings is 1. The smallest absolute Gasteiger partial charge is 0.264 e. The maximum atomic E-state index is 13.1. The number of nitrogens with one attached hydrogen (secondary N) is 2. The highest BCUT2D eigenvalue weighted by Gasteiger charge is 2.45. The molecule has 0 aliphatic carbocycles. The Balaban J connectivity index is 1.03. The van der Waals surface area contributed by atoms with Crippen LogP contribution in [0.1, 0.15) is 33.6 Å². The van der Waals surface area contributed by atoms with E-state index in [4.69, 9.17) is 59.0 Å². The van der Waals surface area contributed by atoms with E-state index in [0.717, 1.165) is 4.90 Å². The zero-order chi connectivity index (χ0) is 37.8. The summed E-state index contributed by atoms with van der Waals surface area (Å²) in [6, 6.07) is 3.90. The Labute approximate surface area is 315 Å².